The Kier molecular flexibility index (Phi) is 5.59. The Hall–Kier alpha value is -0.970. The molecule has 0 radical (unpaired) electrons. The highest BCUT2D eigenvalue weighted by Gasteiger charge is 2.23. The zero-order valence-corrected chi connectivity index (χ0v) is 14.7. The fraction of sp³-hybridized carbons (Fsp3) is 0.562. The molecule has 6 heteroatoms. The van der Waals surface area contributed by atoms with Crippen LogP contribution in [0.1, 0.15) is 20.8 Å². The maximum absolute atomic E-state index is 12.1. The van der Waals surface area contributed by atoms with Gasteiger partial charge in [-0.2, -0.15) is 0 Å². The van der Waals surface area contributed by atoms with E-state index in [1.165, 1.54) is 0 Å². The molecule has 1 saturated heterocycles. The van der Waals surface area contributed by atoms with Crippen LogP contribution < -0.4 is 4.90 Å². The molecule has 1 heterocycles. The fourth-order valence-corrected chi connectivity index (χ4v) is 2.83. The SMILES string of the molecule is CC(C)(C)OCC(=O)N1CCN(c2ccc(Cl)cc2Cl)CC1. The number of halogens is 2. The van der Waals surface area contributed by atoms with E-state index in [1.807, 2.05) is 37.8 Å². The van der Waals surface area contributed by atoms with Gasteiger partial charge in [-0.1, -0.05) is 23.2 Å². The number of nitrogens with zero attached hydrogens (tertiary/aromatic N) is 2. The van der Waals surface area contributed by atoms with Crippen molar-refractivity contribution in [2.75, 3.05) is 37.7 Å². The zero-order chi connectivity index (χ0) is 16.3. The Bertz CT molecular complexity index is 535. The number of carbonyl (C=O) groups is 1. The van der Waals surface area contributed by atoms with Crippen molar-refractivity contribution in [1.29, 1.82) is 0 Å². The number of benzene rings is 1. The minimum absolute atomic E-state index is 0.0387. The largest absolute Gasteiger partial charge is 0.367 e. The van der Waals surface area contributed by atoms with Gasteiger partial charge < -0.3 is 14.5 Å². The van der Waals surface area contributed by atoms with Crippen LogP contribution in [0.25, 0.3) is 0 Å². The molecule has 4 nitrogen and oxygen atoms in total. The number of piperazine rings is 1. The summed E-state index contributed by atoms with van der Waals surface area (Å²) < 4.78 is 5.55. The summed E-state index contributed by atoms with van der Waals surface area (Å²) in [5.41, 5.74) is 0.665. The van der Waals surface area contributed by atoms with Crippen molar-refractivity contribution >= 4 is 34.8 Å². The molecule has 0 atom stereocenters. The molecule has 0 bridgehead atoms. The molecule has 1 fully saturated rings. The van der Waals surface area contributed by atoms with E-state index >= 15 is 0 Å². The Balaban J connectivity index is 1.89. The van der Waals surface area contributed by atoms with Gasteiger partial charge in [0.15, 0.2) is 0 Å². The van der Waals surface area contributed by atoms with Crippen LogP contribution in [0.3, 0.4) is 0 Å². The Morgan fingerprint density at radius 3 is 2.36 bits per heavy atom. The van der Waals surface area contributed by atoms with Gasteiger partial charge in [0, 0.05) is 31.2 Å². The molecule has 1 aliphatic rings. The minimum atomic E-state index is -0.297. The van der Waals surface area contributed by atoms with E-state index in [4.69, 9.17) is 27.9 Å². The molecule has 0 unspecified atom stereocenters. The molecular weight excluding hydrogens is 323 g/mol. The lowest BCUT2D eigenvalue weighted by atomic mass is 10.2. The number of carbonyl (C=O) groups excluding carboxylic acids is 1. The van der Waals surface area contributed by atoms with Crippen molar-refractivity contribution in [2.45, 2.75) is 26.4 Å². The van der Waals surface area contributed by atoms with Crippen LogP contribution in [-0.2, 0) is 9.53 Å². The van der Waals surface area contributed by atoms with Crippen LogP contribution in [0.5, 0.6) is 0 Å². The van der Waals surface area contributed by atoms with E-state index < -0.39 is 0 Å². The maximum Gasteiger partial charge on any atom is 0.248 e. The van der Waals surface area contributed by atoms with Gasteiger partial charge in [-0.3, -0.25) is 4.79 Å². The number of amides is 1. The standard InChI is InChI=1S/C16H22Cl2N2O2/c1-16(2,3)22-11-15(21)20-8-6-19(7-9-20)14-5-4-12(17)10-13(14)18/h4-5,10H,6-9,11H2,1-3H3. The molecule has 1 aliphatic heterocycles. The first-order chi connectivity index (χ1) is 10.3. The number of rotatable bonds is 3. The summed E-state index contributed by atoms with van der Waals surface area (Å²) in [7, 11) is 0. The van der Waals surface area contributed by atoms with Gasteiger partial charge in [0.2, 0.25) is 5.91 Å². The number of hydrogen-bond acceptors (Lipinski definition) is 3. The highest BCUT2D eigenvalue weighted by atomic mass is 35.5. The van der Waals surface area contributed by atoms with Crippen LogP contribution in [0, 0.1) is 0 Å². The van der Waals surface area contributed by atoms with Crippen LogP contribution in [0.15, 0.2) is 18.2 Å². The van der Waals surface area contributed by atoms with Crippen molar-refractivity contribution in [3.8, 4) is 0 Å². The van der Waals surface area contributed by atoms with Gasteiger partial charge in [0.05, 0.1) is 16.3 Å². The molecule has 1 amide bonds. The minimum Gasteiger partial charge on any atom is -0.367 e. The first-order valence-corrected chi connectivity index (χ1v) is 8.13. The molecule has 0 spiro atoms. The second-order valence-corrected chi connectivity index (χ2v) is 7.21. The average Bonchev–Trinajstić information content (AvgIpc) is 2.44. The predicted molar refractivity (Wildman–Crippen MR) is 91.0 cm³/mol. The van der Waals surface area contributed by atoms with Crippen LogP contribution in [-0.4, -0.2) is 49.2 Å². The third kappa shape index (κ3) is 4.77. The molecular formula is C16H22Cl2N2O2. The summed E-state index contributed by atoms with van der Waals surface area (Å²) >= 11 is 12.2. The van der Waals surface area contributed by atoms with Gasteiger partial charge in [0.25, 0.3) is 0 Å². The lowest BCUT2D eigenvalue weighted by Gasteiger charge is -2.36. The molecule has 0 aliphatic carbocycles. The van der Waals surface area contributed by atoms with E-state index in [9.17, 15) is 4.79 Å². The summed E-state index contributed by atoms with van der Waals surface area (Å²) in [4.78, 5) is 16.2. The molecule has 0 saturated carbocycles. The first kappa shape index (κ1) is 17.4. The number of ether oxygens (including phenoxy) is 1. The van der Waals surface area contributed by atoms with Crippen LogP contribution >= 0.6 is 23.2 Å². The highest BCUT2D eigenvalue weighted by molar-refractivity contribution is 6.36. The van der Waals surface area contributed by atoms with E-state index in [-0.39, 0.29) is 18.1 Å². The molecule has 122 valence electrons. The fourth-order valence-electron chi connectivity index (χ4n) is 2.30. The Morgan fingerprint density at radius 1 is 1.18 bits per heavy atom. The molecule has 1 aromatic rings. The highest BCUT2D eigenvalue weighted by Crippen LogP contribution is 2.29. The first-order valence-electron chi connectivity index (χ1n) is 7.38. The molecule has 1 aromatic carbocycles. The smallest absolute Gasteiger partial charge is 0.248 e. The summed E-state index contributed by atoms with van der Waals surface area (Å²) in [6, 6.07) is 5.50. The van der Waals surface area contributed by atoms with Gasteiger partial charge >= 0.3 is 0 Å². The van der Waals surface area contributed by atoms with Gasteiger partial charge in [-0.25, -0.2) is 0 Å². The Morgan fingerprint density at radius 2 is 1.82 bits per heavy atom. The Labute approximate surface area is 141 Å². The lowest BCUT2D eigenvalue weighted by Crippen LogP contribution is -2.50. The summed E-state index contributed by atoms with van der Waals surface area (Å²) in [5, 5.41) is 1.27. The normalized spacial score (nSPS) is 16.0. The monoisotopic (exact) mass is 344 g/mol. The third-order valence-electron chi connectivity index (χ3n) is 3.51. The quantitative estimate of drug-likeness (QED) is 0.841. The third-order valence-corrected chi connectivity index (χ3v) is 4.05. The van der Waals surface area contributed by atoms with E-state index in [0.717, 1.165) is 18.8 Å². The molecule has 2 rings (SSSR count). The van der Waals surface area contributed by atoms with Crippen molar-refractivity contribution in [1.82, 2.24) is 4.90 Å². The lowest BCUT2D eigenvalue weighted by molar-refractivity contribution is -0.141. The van der Waals surface area contributed by atoms with E-state index in [0.29, 0.717) is 23.1 Å². The molecule has 0 N–H and O–H groups in total. The zero-order valence-electron chi connectivity index (χ0n) is 13.2. The van der Waals surface area contributed by atoms with Crippen LogP contribution in [0.2, 0.25) is 10.0 Å². The van der Waals surface area contributed by atoms with E-state index in [1.54, 1.807) is 6.07 Å². The second kappa shape index (κ2) is 7.07. The average molecular weight is 345 g/mol. The topological polar surface area (TPSA) is 32.8 Å². The predicted octanol–water partition coefficient (Wildman–Crippen LogP) is 3.46. The van der Waals surface area contributed by atoms with Crippen molar-refractivity contribution in [3.05, 3.63) is 28.2 Å². The summed E-state index contributed by atoms with van der Waals surface area (Å²) in [6.07, 6.45) is 0. The maximum atomic E-state index is 12.1. The summed E-state index contributed by atoms with van der Waals surface area (Å²) in [5.74, 6) is 0.0387. The second-order valence-electron chi connectivity index (χ2n) is 6.36. The number of hydrogen-bond donors (Lipinski definition) is 0. The molecule has 0 aromatic heterocycles. The van der Waals surface area contributed by atoms with Gasteiger partial charge in [-0.15, -0.1) is 0 Å². The summed E-state index contributed by atoms with van der Waals surface area (Å²) in [6.45, 7) is 8.81. The van der Waals surface area contributed by atoms with Crippen molar-refractivity contribution < 1.29 is 9.53 Å². The van der Waals surface area contributed by atoms with E-state index in [2.05, 4.69) is 4.90 Å². The van der Waals surface area contributed by atoms with Gasteiger partial charge in [-0.05, 0) is 39.0 Å². The van der Waals surface area contributed by atoms with Crippen molar-refractivity contribution in [3.63, 3.8) is 0 Å². The van der Waals surface area contributed by atoms with Crippen LogP contribution in [0.4, 0.5) is 5.69 Å². The van der Waals surface area contributed by atoms with Gasteiger partial charge in [0.1, 0.15) is 6.61 Å². The number of anilines is 1. The molecule has 22 heavy (non-hydrogen) atoms. The van der Waals surface area contributed by atoms with Crippen molar-refractivity contribution in [2.24, 2.45) is 0 Å².